The highest BCUT2D eigenvalue weighted by Gasteiger charge is 2.10. The van der Waals surface area contributed by atoms with Gasteiger partial charge in [-0.1, -0.05) is 24.8 Å². The van der Waals surface area contributed by atoms with Crippen LogP contribution in [0.2, 0.25) is 0 Å². The predicted octanol–water partition coefficient (Wildman–Crippen LogP) is -0.0688. The van der Waals surface area contributed by atoms with Crippen molar-refractivity contribution in [1.82, 2.24) is 0 Å². The van der Waals surface area contributed by atoms with Crippen LogP contribution in [0.5, 0.6) is 5.75 Å². The van der Waals surface area contributed by atoms with E-state index in [4.69, 9.17) is 14.8 Å². The first-order valence-electron chi connectivity index (χ1n) is 3.94. The molecule has 0 bridgehead atoms. The first-order valence-corrected chi connectivity index (χ1v) is 3.94. The number of hydrogen-bond donors (Lipinski definition) is 2. The summed E-state index contributed by atoms with van der Waals surface area (Å²) in [6, 6.07) is 6.64. The Labute approximate surface area is 77.4 Å². The van der Waals surface area contributed by atoms with Crippen LogP contribution in [0.3, 0.4) is 0 Å². The molecule has 0 atom stereocenters. The SMILES string of the molecule is C=CCOc1cccc(B(O)O)c1. The van der Waals surface area contributed by atoms with Gasteiger partial charge in [-0.2, -0.15) is 0 Å². The van der Waals surface area contributed by atoms with Gasteiger partial charge in [-0.3, -0.25) is 0 Å². The average molecular weight is 178 g/mol. The van der Waals surface area contributed by atoms with Crippen LogP contribution in [0, 0.1) is 0 Å². The van der Waals surface area contributed by atoms with Crippen molar-refractivity contribution in [3.05, 3.63) is 36.9 Å². The molecule has 0 radical (unpaired) electrons. The molecular formula is C9H11BO3. The summed E-state index contributed by atoms with van der Waals surface area (Å²) >= 11 is 0. The van der Waals surface area contributed by atoms with Crippen LogP contribution in [0.25, 0.3) is 0 Å². The molecule has 1 aromatic rings. The molecule has 0 fully saturated rings. The molecule has 0 spiro atoms. The van der Waals surface area contributed by atoms with Gasteiger partial charge in [-0.15, -0.1) is 0 Å². The Balaban J connectivity index is 2.73. The third-order valence-electron chi connectivity index (χ3n) is 1.52. The van der Waals surface area contributed by atoms with E-state index >= 15 is 0 Å². The molecular weight excluding hydrogens is 167 g/mol. The normalized spacial score (nSPS) is 9.38. The van der Waals surface area contributed by atoms with Crippen molar-refractivity contribution in [2.24, 2.45) is 0 Å². The van der Waals surface area contributed by atoms with Gasteiger partial charge in [0.15, 0.2) is 0 Å². The van der Waals surface area contributed by atoms with Crippen LogP contribution in [0.4, 0.5) is 0 Å². The zero-order valence-corrected chi connectivity index (χ0v) is 7.18. The van der Waals surface area contributed by atoms with Gasteiger partial charge in [-0.05, 0) is 17.6 Å². The van der Waals surface area contributed by atoms with E-state index in [1.165, 1.54) is 0 Å². The van der Waals surface area contributed by atoms with Crippen LogP contribution >= 0.6 is 0 Å². The maximum Gasteiger partial charge on any atom is 0.488 e. The Bertz CT molecular complexity index is 286. The largest absolute Gasteiger partial charge is 0.490 e. The summed E-state index contributed by atoms with van der Waals surface area (Å²) in [4.78, 5) is 0. The first-order chi connectivity index (χ1) is 6.24. The molecule has 0 aromatic heterocycles. The van der Waals surface area contributed by atoms with E-state index in [0.717, 1.165) is 0 Å². The minimum Gasteiger partial charge on any atom is -0.490 e. The average Bonchev–Trinajstić information content (AvgIpc) is 2.15. The Morgan fingerprint density at radius 3 is 2.85 bits per heavy atom. The number of benzene rings is 1. The molecule has 1 rings (SSSR count). The molecule has 13 heavy (non-hydrogen) atoms. The van der Waals surface area contributed by atoms with Crippen molar-refractivity contribution >= 4 is 12.6 Å². The Hall–Kier alpha value is -1.26. The van der Waals surface area contributed by atoms with Crippen molar-refractivity contribution in [1.29, 1.82) is 0 Å². The fourth-order valence-corrected chi connectivity index (χ4v) is 0.920. The molecule has 0 aliphatic heterocycles. The third-order valence-corrected chi connectivity index (χ3v) is 1.52. The zero-order valence-electron chi connectivity index (χ0n) is 7.18. The van der Waals surface area contributed by atoms with Crippen molar-refractivity contribution in [2.75, 3.05) is 6.61 Å². The summed E-state index contributed by atoms with van der Waals surface area (Å²) in [6.07, 6.45) is 1.63. The summed E-state index contributed by atoms with van der Waals surface area (Å²) in [7, 11) is -1.45. The standard InChI is InChI=1S/C9H11BO3/c1-2-6-13-9-5-3-4-8(7-9)10(11)12/h2-5,7,11-12H,1,6H2. The minimum absolute atomic E-state index is 0.408. The van der Waals surface area contributed by atoms with Crippen LogP contribution in [0.15, 0.2) is 36.9 Å². The molecule has 0 heterocycles. The summed E-state index contributed by atoms with van der Waals surface area (Å²) < 4.78 is 5.21. The second-order valence-corrected chi connectivity index (χ2v) is 2.55. The maximum atomic E-state index is 8.85. The predicted molar refractivity (Wildman–Crippen MR) is 52.0 cm³/mol. The van der Waals surface area contributed by atoms with Gasteiger partial charge in [0.05, 0.1) is 0 Å². The van der Waals surface area contributed by atoms with Crippen LogP contribution in [-0.4, -0.2) is 23.8 Å². The molecule has 68 valence electrons. The zero-order chi connectivity index (χ0) is 9.68. The van der Waals surface area contributed by atoms with Crippen molar-refractivity contribution in [2.45, 2.75) is 0 Å². The van der Waals surface area contributed by atoms with Gasteiger partial charge in [-0.25, -0.2) is 0 Å². The van der Waals surface area contributed by atoms with E-state index < -0.39 is 7.12 Å². The molecule has 0 saturated carbocycles. The Kier molecular flexibility index (Phi) is 3.55. The van der Waals surface area contributed by atoms with E-state index in [2.05, 4.69) is 6.58 Å². The lowest BCUT2D eigenvalue weighted by atomic mass is 9.80. The van der Waals surface area contributed by atoms with Gasteiger partial charge >= 0.3 is 7.12 Å². The highest BCUT2D eigenvalue weighted by atomic mass is 16.5. The summed E-state index contributed by atoms with van der Waals surface area (Å²) in [5, 5.41) is 17.7. The van der Waals surface area contributed by atoms with Crippen molar-refractivity contribution in [3.63, 3.8) is 0 Å². The monoisotopic (exact) mass is 178 g/mol. The van der Waals surface area contributed by atoms with Gasteiger partial charge in [0.1, 0.15) is 12.4 Å². The quantitative estimate of drug-likeness (QED) is 0.501. The molecule has 0 aliphatic carbocycles. The van der Waals surface area contributed by atoms with Crippen LogP contribution in [-0.2, 0) is 0 Å². The van der Waals surface area contributed by atoms with Crippen molar-refractivity contribution in [3.8, 4) is 5.75 Å². The van der Waals surface area contributed by atoms with E-state index in [0.29, 0.717) is 17.8 Å². The molecule has 2 N–H and O–H groups in total. The van der Waals surface area contributed by atoms with E-state index in [1.54, 1.807) is 30.3 Å². The summed E-state index contributed by atoms with van der Waals surface area (Å²) in [5.74, 6) is 0.602. The molecule has 0 saturated heterocycles. The molecule has 1 aromatic carbocycles. The van der Waals surface area contributed by atoms with Crippen molar-refractivity contribution < 1.29 is 14.8 Å². The van der Waals surface area contributed by atoms with Gasteiger partial charge < -0.3 is 14.8 Å². The lowest BCUT2D eigenvalue weighted by Crippen LogP contribution is -2.29. The number of ether oxygens (including phenoxy) is 1. The van der Waals surface area contributed by atoms with E-state index in [1.807, 2.05) is 0 Å². The number of hydrogen-bond acceptors (Lipinski definition) is 3. The van der Waals surface area contributed by atoms with Gasteiger partial charge in [0.2, 0.25) is 0 Å². The van der Waals surface area contributed by atoms with E-state index in [9.17, 15) is 0 Å². The fraction of sp³-hybridized carbons (Fsp3) is 0.111. The second kappa shape index (κ2) is 4.69. The third kappa shape index (κ3) is 2.93. The second-order valence-electron chi connectivity index (χ2n) is 2.55. The maximum absolute atomic E-state index is 8.85. The Morgan fingerprint density at radius 1 is 1.46 bits per heavy atom. The van der Waals surface area contributed by atoms with Gasteiger partial charge in [0.25, 0.3) is 0 Å². The molecule has 3 nitrogen and oxygen atoms in total. The topological polar surface area (TPSA) is 49.7 Å². The fourth-order valence-electron chi connectivity index (χ4n) is 0.920. The summed E-state index contributed by atoms with van der Waals surface area (Å²) in [5.41, 5.74) is 0.418. The minimum atomic E-state index is -1.45. The molecule has 0 unspecified atom stereocenters. The first kappa shape index (κ1) is 9.83. The lowest BCUT2D eigenvalue weighted by Gasteiger charge is -2.04. The molecule has 4 heteroatoms. The highest BCUT2D eigenvalue weighted by Crippen LogP contribution is 2.06. The molecule has 0 aliphatic rings. The Morgan fingerprint density at radius 2 is 2.23 bits per heavy atom. The molecule has 0 amide bonds. The lowest BCUT2D eigenvalue weighted by molar-refractivity contribution is 0.363. The van der Waals surface area contributed by atoms with E-state index in [-0.39, 0.29) is 0 Å². The summed E-state index contributed by atoms with van der Waals surface area (Å²) in [6.45, 7) is 3.92. The number of rotatable bonds is 4. The highest BCUT2D eigenvalue weighted by molar-refractivity contribution is 6.58. The smallest absolute Gasteiger partial charge is 0.488 e. The van der Waals surface area contributed by atoms with Crippen LogP contribution < -0.4 is 10.2 Å². The van der Waals surface area contributed by atoms with Gasteiger partial charge in [0, 0.05) is 0 Å². The van der Waals surface area contributed by atoms with Crippen LogP contribution in [0.1, 0.15) is 0 Å².